The second-order valence-corrected chi connectivity index (χ2v) is 6.48. The molecule has 0 radical (unpaired) electrons. The van der Waals surface area contributed by atoms with Gasteiger partial charge in [-0.25, -0.2) is 4.98 Å². The third kappa shape index (κ3) is 3.84. The number of para-hydroxylation sites is 2. The molecule has 8 heteroatoms. The highest BCUT2D eigenvalue weighted by molar-refractivity contribution is 5.80. The molecule has 4 rings (SSSR count). The van der Waals surface area contributed by atoms with E-state index in [-0.39, 0.29) is 18.6 Å². The molecule has 0 bridgehead atoms. The molecule has 0 N–H and O–H groups in total. The van der Waals surface area contributed by atoms with Crippen LogP contribution in [0.15, 0.2) is 43.0 Å². The maximum Gasteiger partial charge on any atom is 0.242 e. The van der Waals surface area contributed by atoms with Crippen LogP contribution in [-0.4, -0.2) is 56.6 Å². The molecule has 1 fully saturated rings. The third-order valence-electron chi connectivity index (χ3n) is 4.65. The fourth-order valence-electron chi connectivity index (χ4n) is 3.30. The second-order valence-electron chi connectivity index (χ2n) is 6.48. The van der Waals surface area contributed by atoms with Crippen molar-refractivity contribution >= 4 is 16.9 Å². The molecule has 140 valence electrons. The van der Waals surface area contributed by atoms with E-state index in [4.69, 9.17) is 9.47 Å². The van der Waals surface area contributed by atoms with Gasteiger partial charge in [-0.1, -0.05) is 12.1 Å². The topological polar surface area (TPSA) is 82.4 Å². The van der Waals surface area contributed by atoms with Gasteiger partial charge in [0.25, 0.3) is 0 Å². The molecule has 1 aliphatic rings. The van der Waals surface area contributed by atoms with Crippen LogP contribution >= 0.6 is 0 Å². The quantitative estimate of drug-likeness (QED) is 0.685. The van der Waals surface area contributed by atoms with E-state index in [0.717, 1.165) is 30.4 Å². The number of nitrogens with zero attached hydrogens (tertiary/aromatic N) is 5. The van der Waals surface area contributed by atoms with E-state index in [2.05, 4.69) is 15.0 Å². The number of carbonyl (C=O) groups is 1. The minimum Gasteiger partial charge on any atom is -0.480 e. The minimum atomic E-state index is -0.108. The lowest BCUT2D eigenvalue weighted by atomic mass is 10.1. The average Bonchev–Trinajstić information content (AvgIpc) is 3.11. The Morgan fingerprint density at radius 3 is 3.00 bits per heavy atom. The number of amides is 1. The van der Waals surface area contributed by atoms with Crippen molar-refractivity contribution in [2.24, 2.45) is 0 Å². The highest BCUT2D eigenvalue weighted by Gasteiger charge is 2.25. The number of fused-ring (bicyclic) bond motifs is 1. The van der Waals surface area contributed by atoms with Crippen molar-refractivity contribution in [3.63, 3.8) is 0 Å². The van der Waals surface area contributed by atoms with Crippen LogP contribution in [0.5, 0.6) is 11.8 Å². The highest BCUT2D eigenvalue weighted by atomic mass is 16.5. The molecular formula is C19H21N5O3. The zero-order valence-corrected chi connectivity index (χ0v) is 15.1. The van der Waals surface area contributed by atoms with Crippen molar-refractivity contribution in [1.82, 2.24) is 24.4 Å². The summed E-state index contributed by atoms with van der Waals surface area (Å²) in [6.45, 7) is 1.53. The number of piperidine rings is 1. The molecule has 3 aromatic rings. The molecule has 1 aliphatic heterocycles. The van der Waals surface area contributed by atoms with Gasteiger partial charge in [-0.3, -0.25) is 9.78 Å². The Kier molecular flexibility index (Phi) is 4.86. The van der Waals surface area contributed by atoms with Gasteiger partial charge in [-0.15, -0.1) is 0 Å². The Hall–Kier alpha value is -3.16. The molecular weight excluding hydrogens is 346 g/mol. The predicted molar refractivity (Wildman–Crippen MR) is 98.5 cm³/mol. The Balaban J connectivity index is 1.40. The summed E-state index contributed by atoms with van der Waals surface area (Å²) in [6, 6.07) is 7.80. The standard InChI is InChI=1S/C19H21N5O3/c1-26-17-9-20-10-18(22-17)27-14-5-4-8-23(11-14)19(25)12-24-13-21-15-6-2-3-7-16(15)24/h2-3,6-7,9-10,13-14H,4-5,8,11-12H2,1H3/t14-/m0/s1. The number of carbonyl (C=O) groups excluding carboxylic acids is 1. The van der Waals surface area contributed by atoms with E-state index in [0.29, 0.717) is 18.3 Å². The van der Waals surface area contributed by atoms with E-state index in [1.807, 2.05) is 33.7 Å². The smallest absolute Gasteiger partial charge is 0.242 e. The molecule has 1 aromatic carbocycles. The Bertz CT molecular complexity index is 942. The predicted octanol–water partition coefficient (Wildman–Crippen LogP) is 1.90. The molecule has 0 saturated carbocycles. The number of hydrogen-bond donors (Lipinski definition) is 0. The third-order valence-corrected chi connectivity index (χ3v) is 4.65. The van der Waals surface area contributed by atoms with Crippen molar-refractivity contribution in [2.75, 3.05) is 20.2 Å². The maximum atomic E-state index is 12.8. The van der Waals surface area contributed by atoms with Gasteiger partial charge in [0.1, 0.15) is 12.6 Å². The summed E-state index contributed by atoms with van der Waals surface area (Å²) in [4.78, 5) is 27.2. The van der Waals surface area contributed by atoms with Gasteiger partial charge in [0.2, 0.25) is 17.7 Å². The Morgan fingerprint density at radius 1 is 1.26 bits per heavy atom. The normalized spacial score (nSPS) is 17.1. The summed E-state index contributed by atoms with van der Waals surface area (Å²) in [6.07, 6.45) is 6.45. The first kappa shape index (κ1) is 17.3. The minimum absolute atomic E-state index is 0.0585. The van der Waals surface area contributed by atoms with Crippen LogP contribution in [-0.2, 0) is 11.3 Å². The van der Waals surface area contributed by atoms with Crippen molar-refractivity contribution in [2.45, 2.75) is 25.5 Å². The number of hydrogen-bond acceptors (Lipinski definition) is 6. The zero-order chi connectivity index (χ0) is 18.6. The molecule has 1 amide bonds. The fraction of sp³-hybridized carbons (Fsp3) is 0.368. The first-order chi connectivity index (χ1) is 13.2. The van der Waals surface area contributed by atoms with Gasteiger partial charge in [-0.05, 0) is 25.0 Å². The summed E-state index contributed by atoms with van der Waals surface area (Å²) in [5.41, 5.74) is 1.85. The number of ether oxygens (including phenoxy) is 2. The molecule has 8 nitrogen and oxygen atoms in total. The van der Waals surface area contributed by atoms with Crippen LogP contribution in [0, 0.1) is 0 Å². The molecule has 1 atom stereocenters. The van der Waals surface area contributed by atoms with Crippen molar-refractivity contribution in [1.29, 1.82) is 0 Å². The number of likely N-dealkylation sites (tertiary alicyclic amines) is 1. The van der Waals surface area contributed by atoms with E-state index in [1.54, 1.807) is 12.5 Å². The number of rotatable bonds is 5. The van der Waals surface area contributed by atoms with Gasteiger partial charge in [0.05, 0.1) is 43.4 Å². The lowest BCUT2D eigenvalue weighted by molar-refractivity contribution is -0.134. The van der Waals surface area contributed by atoms with Gasteiger partial charge in [0, 0.05) is 6.54 Å². The van der Waals surface area contributed by atoms with Gasteiger partial charge in [0.15, 0.2) is 0 Å². The average molecular weight is 367 g/mol. The van der Waals surface area contributed by atoms with Crippen LogP contribution in [0.3, 0.4) is 0 Å². The van der Waals surface area contributed by atoms with Crippen LogP contribution in [0.25, 0.3) is 11.0 Å². The van der Waals surface area contributed by atoms with Crippen molar-refractivity contribution in [3.05, 3.63) is 43.0 Å². The fourth-order valence-corrected chi connectivity index (χ4v) is 3.30. The number of methoxy groups -OCH3 is 1. The summed E-state index contributed by atoms with van der Waals surface area (Å²) in [7, 11) is 1.54. The summed E-state index contributed by atoms with van der Waals surface area (Å²) < 4.78 is 12.9. The number of imidazole rings is 1. The highest BCUT2D eigenvalue weighted by Crippen LogP contribution is 2.19. The molecule has 27 heavy (non-hydrogen) atoms. The van der Waals surface area contributed by atoms with Gasteiger partial charge in [-0.2, -0.15) is 4.98 Å². The Morgan fingerprint density at radius 2 is 2.11 bits per heavy atom. The lowest BCUT2D eigenvalue weighted by Crippen LogP contribution is -2.45. The summed E-state index contributed by atoms with van der Waals surface area (Å²) >= 11 is 0. The van der Waals surface area contributed by atoms with Crippen LogP contribution in [0.2, 0.25) is 0 Å². The van der Waals surface area contributed by atoms with Gasteiger partial charge < -0.3 is 18.9 Å². The number of aromatic nitrogens is 4. The van der Waals surface area contributed by atoms with Crippen molar-refractivity contribution < 1.29 is 14.3 Å². The molecule has 0 spiro atoms. The molecule has 1 saturated heterocycles. The van der Waals surface area contributed by atoms with Crippen LogP contribution in [0.4, 0.5) is 0 Å². The lowest BCUT2D eigenvalue weighted by Gasteiger charge is -2.32. The van der Waals surface area contributed by atoms with Crippen LogP contribution < -0.4 is 9.47 Å². The van der Waals surface area contributed by atoms with E-state index < -0.39 is 0 Å². The zero-order valence-electron chi connectivity index (χ0n) is 15.1. The first-order valence-corrected chi connectivity index (χ1v) is 8.93. The summed E-state index contributed by atoms with van der Waals surface area (Å²) in [5.74, 6) is 0.876. The monoisotopic (exact) mass is 367 g/mol. The maximum absolute atomic E-state index is 12.8. The second kappa shape index (κ2) is 7.61. The molecule has 2 aromatic heterocycles. The SMILES string of the molecule is COc1cncc(O[C@H]2CCCN(C(=O)Cn3cnc4ccccc43)C2)n1. The Labute approximate surface area is 156 Å². The summed E-state index contributed by atoms with van der Waals surface area (Å²) in [5, 5.41) is 0. The first-order valence-electron chi connectivity index (χ1n) is 8.93. The van der Waals surface area contributed by atoms with Gasteiger partial charge >= 0.3 is 0 Å². The van der Waals surface area contributed by atoms with Crippen molar-refractivity contribution in [3.8, 4) is 11.8 Å². The van der Waals surface area contributed by atoms with E-state index in [9.17, 15) is 4.79 Å². The molecule has 0 unspecified atom stereocenters. The largest absolute Gasteiger partial charge is 0.480 e. The van der Waals surface area contributed by atoms with E-state index in [1.165, 1.54) is 13.3 Å². The molecule has 3 heterocycles. The molecule has 0 aliphatic carbocycles. The van der Waals surface area contributed by atoms with E-state index >= 15 is 0 Å². The number of benzene rings is 1. The van der Waals surface area contributed by atoms with Crippen LogP contribution in [0.1, 0.15) is 12.8 Å².